The van der Waals surface area contributed by atoms with E-state index in [4.69, 9.17) is 5.10 Å². The smallest absolute Gasteiger partial charge is 0.294 e. The Morgan fingerprint density at radius 3 is 2.66 bits per heavy atom. The van der Waals surface area contributed by atoms with Crippen molar-refractivity contribution in [3.8, 4) is 11.3 Å². The summed E-state index contributed by atoms with van der Waals surface area (Å²) in [7, 11) is -3.39. The second-order valence-electron chi connectivity index (χ2n) is 7.64. The van der Waals surface area contributed by atoms with Crippen LogP contribution in [-0.2, 0) is 27.6 Å². The van der Waals surface area contributed by atoms with Gasteiger partial charge in [-0.15, -0.1) is 10.1 Å². The van der Waals surface area contributed by atoms with Crippen molar-refractivity contribution >= 4 is 9.84 Å². The number of hydrogen-bond acceptors (Lipinski definition) is 6. The van der Waals surface area contributed by atoms with Gasteiger partial charge in [0.2, 0.25) is 0 Å². The van der Waals surface area contributed by atoms with Crippen molar-refractivity contribution in [2.45, 2.75) is 56.4 Å². The molecule has 0 unspecified atom stereocenters. The van der Waals surface area contributed by atoms with Crippen molar-refractivity contribution in [1.82, 2.24) is 9.78 Å². The number of sulfone groups is 1. The van der Waals surface area contributed by atoms with E-state index in [2.05, 4.69) is 4.84 Å². The lowest BCUT2D eigenvalue weighted by Gasteiger charge is -2.22. The summed E-state index contributed by atoms with van der Waals surface area (Å²) in [6.07, 6.45) is 8.20. The van der Waals surface area contributed by atoms with E-state index in [9.17, 15) is 18.5 Å². The van der Waals surface area contributed by atoms with Crippen LogP contribution in [0, 0.1) is 16.0 Å². The fourth-order valence-electron chi connectivity index (χ4n) is 3.96. The molecule has 0 radical (unpaired) electrons. The molecule has 0 atom stereocenters. The number of benzene rings is 1. The van der Waals surface area contributed by atoms with E-state index >= 15 is 0 Å². The van der Waals surface area contributed by atoms with E-state index in [-0.39, 0.29) is 11.5 Å². The summed E-state index contributed by atoms with van der Waals surface area (Å²) >= 11 is 0. The lowest BCUT2D eigenvalue weighted by molar-refractivity contribution is -0.757. The van der Waals surface area contributed by atoms with Crippen LogP contribution in [0.1, 0.15) is 44.2 Å². The number of rotatable bonds is 9. The summed E-state index contributed by atoms with van der Waals surface area (Å²) < 4.78 is 26.5. The molecule has 9 heteroatoms. The third kappa shape index (κ3) is 5.79. The van der Waals surface area contributed by atoms with Gasteiger partial charge in [0.25, 0.3) is 5.09 Å². The van der Waals surface area contributed by atoms with Crippen molar-refractivity contribution < 1.29 is 18.3 Å². The van der Waals surface area contributed by atoms with Gasteiger partial charge in [0.05, 0.1) is 22.9 Å². The average molecular weight is 422 g/mol. The highest BCUT2D eigenvalue weighted by molar-refractivity contribution is 7.90. The maximum Gasteiger partial charge on any atom is 0.294 e. The van der Waals surface area contributed by atoms with Crippen molar-refractivity contribution in [3.05, 3.63) is 46.1 Å². The highest BCUT2D eigenvalue weighted by Crippen LogP contribution is 2.31. The minimum Gasteiger partial charge on any atom is -0.314 e. The third-order valence-electron chi connectivity index (χ3n) is 5.32. The topological polar surface area (TPSA) is 104 Å². The molecule has 0 N–H and O–H groups in total. The first-order chi connectivity index (χ1) is 13.8. The van der Waals surface area contributed by atoms with Crippen molar-refractivity contribution in [1.29, 1.82) is 0 Å². The van der Waals surface area contributed by atoms with Crippen LogP contribution in [0.15, 0.2) is 35.2 Å². The molecule has 0 spiro atoms. The van der Waals surface area contributed by atoms with Crippen molar-refractivity contribution in [2.75, 3.05) is 12.9 Å². The fraction of sp³-hybridized carbons (Fsp3) is 0.550. The Balaban J connectivity index is 1.90. The first-order valence-corrected chi connectivity index (χ1v) is 11.9. The van der Waals surface area contributed by atoms with Gasteiger partial charge < -0.3 is 4.84 Å². The second-order valence-corrected chi connectivity index (χ2v) is 9.62. The molecule has 1 aliphatic carbocycles. The largest absolute Gasteiger partial charge is 0.314 e. The molecule has 2 aromatic rings. The molecule has 29 heavy (non-hydrogen) atoms. The minimum absolute atomic E-state index is 0.0117. The van der Waals surface area contributed by atoms with E-state index in [1.165, 1.54) is 25.5 Å². The number of hydrogen-bond donors (Lipinski definition) is 0. The Bertz CT molecular complexity index is 949. The Morgan fingerprint density at radius 1 is 1.24 bits per heavy atom. The molecule has 0 saturated heterocycles. The summed E-state index contributed by atoms with van der Waals surface area (Å²) in [5.41, 5.74) is 2.21. The van der Waals surface area contributed by atoms with Gasteiger partial charge in [0.15, 0.2) is 9.84 Å². The van der Waals surface area contributed by atoms with Gasteiger partial charge in [-0.25, -0.2) is 8.42 Å². The van der Waals surface area contributed by atoms with Crippen molar-refractivity contribution in [3.63, 3.8) is 0 Å². The highest BCUT2D eigenvalue weighted by Gasteiger charge is 2.21. The zero-order chi connectivity index (χ0) is 20.9. The summed E-state index contributed by atoms with van der Waals surface area (Å²) in [4.78, 5) is 15.0. The molecule has 0 amide bonds. The Morgan fingerprint density at radius 2 is 1.97 bits per heavy atom. The van der Waals surface area contributed by atoms with E-state index in [0.717, 1.165) is 30.8 Å². The summed E-state index contributed by atoms with van der Waals surface area (Å²) in [6.45, 7) is 0.760. The average Bonchev–Trinajstić information content (AvgIpc) is 3.08. The number of aryl methyl sites for hydroxylation is 1. The molecule has 1 heterocycles. The van der Waals surface area contributed by atoms with Crippen LogP contribution in [0.5, 0.6) is 0 Å². The zero-order valence-corrected chi connectivity index (χ0v) is 17.4. The van der Waals surface area contributed by atoms with Gasteiger partial charge in [0, 0.05) is 18.4 Å². The highest BCUT2D eigenvalue weighted by atomic mass is 32.2. The standard InChI is InChI=1S/C20H27N3O5S/c1-29(26,27)20-12-6-5-11-18(20)19-14-17(10-7-13-28-23(24)25)21-22(19)15-16-8-3-2-4-9-16/h5-6,11-12,14,16H,2-4,7-10,13,15H2,1H3. The van der Waals surface area contributed by atoms with Gasteiger partial charge >= 0.3 is 0 Å². The van der Waals surface area contributed by atoms with Crippen LogP contribution in [0.2, 0.25) is 0 Å². The summed E-state index contributed by atoms with van der Waals surface area (Å²) in [5, 5.41) is 14.2. The maximum absolute atomic E-state index is 12.3. The monoisotopic (exact) mass is 421 g/mol. The van der Waals surface area contributed by atoms with E-state index < -0.39 is 14.9 Å². The second kappa shape index (κ2) is 9.39. The van der Waals surface area contributed by atoms with Crippen LogP contribution in [0.25, 0.3) is 11.3 Å². The zero-order valence-electron chi connectivity index (χ0n) is 16.6. The van der Waals surface area contributed by atoms with Crippen LogP contribution in [0.3, 0.4) is 0 Å². The Hall–Kier alpha value is -2.42. The van der Waals surface area contributed by atoms with E-state index in [1.54, 1.807) is 12.1 Å². The molecule has 3 rings (SSSR count). The quantitative estimate of drug-likeness (QED) is 0.347. The minimum atomic E-state index is -3.39. The molecule has 0 bridgehead atoms. The van der Waals surface area contributed by atoms with E-state index in [0.29, 0.717) is 24.3 Å². The third-order valence-corrected chi connectivity index (χ3v) is 6.48. The summed E-state index contributed by atoms with van der Waals surface area (Å²) in [6, 6.07) is 8.88. The first kappa shape index (κ1) is 21.3. The molecule has 8 nitrogen and oxygen atoms in total. The predicted octanol–water partition coefficient (Wildman–Crippen LogP) is 3.67. The maximum atomic E-state index is 12.3. The molecule has 158 valence electrons. The number of nitrogens with zero attached hydrogens (tertiary/aromatic N) is 3. The molecule has 1 fully saturated rings. The SMILES string of the molecule is CS(=O)(=O)c1ccccc1-c1cc(CCCO[N+](=O)[O-])nn1CC1CCCCC1. The lowest BCUT2D eigenvalue weighted by atomic mass is 9.89. The van der Waals surface area contributed by atoms with E-state index in [1.807, 2.05) is 22.9 Å². The number of aromatic nitrogens is 2. The van der Waals surface area contributed by atoms with Crippen LogP contribution >= 0.6 is 0 Å². The van der Waals surface area contributed by atoms with Crippen LogP contribution in [-0.4, -0.2) is 36.1 Å². The van der Waals surface area contributed by atoms with Gasteiger partial charge in [-0.1, -0.05) is 37.5 Å². The van der Waals surface area contributed by atoms with Crippen LogP contribution < -0.4 is 0 Å². The Labute approximate surface area is 170 Å². The van der Waals surface area contributed by atoms with Gasteiger partial charge in [-0.3, -0.25) is 4.68 Å². The molecular formula is C20H27N3O5S. The molecule has 1 saturated carbocycles. The summed E-state index contributed by atoms with van der Waals surface area (Å²) in [5.74, 6) is 0.526. The van der Waals surface area contributed by atoms with Crippen LogP contribution in [0.4, 0.5) is 0 Å². The molecule has 1 aromatic carbocycles. The van der Waals surface area contributed by atoms with Gasteiger partial charge in [-0.2, -0.15) is 5.10 Å². The molecule has 1 aliphatic rings. The normalized spacial score (nSPS) is 15.3. The van der Waals surface area contributed by atoms with Gasteiger partial charge in [0.1, 0.15) is 0 Å². The molecule has 0 aliphatic heterocycles. The molecule has 1 aromatic heterocycles. The first-order valence-electron chi connectivity index (χ1n) is 9.98. The van der Waals surface area contributed by atoms with Gasteiger partial charge in [-0.05, 0) is 43.7 Å². The predicted molar refractivity (Wildman–Crippen MR) is 109 cm³/mol. The molecular weight excluding hydrogens is 394 g/mol. The fourth-order valence-corrected chi connectivity index (χ4v) is 4.85. The lowest BCUT2D eigenvalue weighted by Crippen LogP contribution is -2.16. The van der Waals surface area contributed by atoms with Crippen molar-refractivity contribution in [2.24, 2.45) is 5.92 Å². The Kier molecular flexibility index (Phi) is 6.89.